The minimum Gasteiger partial charge on any atom is -0.497 e. The Morgan fingerprint density at radius 2 is 1.58 bits per heavy atom. The zero-order valence-electron chi connectivity index (χ0n) is 14.9. The molecular weight excluding hydrogens is 332 g/mol. The number of hydrogen-bond donors (Lipinski definition) is 1. The quantitative estimate of drug-likeness (QED) is 0.486. The van der Waals surface area contributed by atoms with E-state index in [9.17, 15) is 14.7 Å². The zero-order valence-corrected chi connectivity index (χ0v) is 14.9. The molecule has 26 heavy (non-hydrogen) atoms. The highest BCUT2D eigenvalue weighted by Gasteiger charge is 2.24. The molecule has 0 aliphatic heterocycles. The summed E-state index contributed by atoms with van der Waals surface area (Å²) in [6.45, 7) is 1.67. The maximum Gasteiger partial charge on any atom is 0.338 e. The molecule has 0 heterocycles. The molecule has 0 fully saturated rings. The van der Waals surface area contributed by atoms with Crippen LogP contribution in [-0.2, 0) is 14.3 Å². The van der Waals surface area contributed by atoms with E-state index in [1.165, 1.54) is 13.2 Å². The average molecular weight is 352 g/mol. The van der Waals surface area contributed by atoms with Crippen molar-refractivity contribution in [3.05, 3.63) is 76.9 Å². The van der Waals surface area contributed by atoms with Crippen LogP contribution in [0.1, 0.15) is 18.1 Å². The fourth-order valence-electron chi connectivity index (χ4n) is 2.52. The van der Waals surface area contributed by atoms with Crippen molar-refractivity contribution in [3.8, 4) is 5.75 Å². The van der Waals surface area contributed by atoms with Gasteiger partial charge in [0.1, 0.15) is 5.75 Å². The van der Waals surface area contributed by atoms with Crippen molar-refractivity contribution in [2.45, 2.75) is 6.92 Å². The number of carbonyl (C=O) groups is 2. The number of methoxy groups -OCH3 is 2. The number of hydrogen-bond acceptors (Lipinski definition) is 4. The molecule has 0 aliphatic carbocycles. The molecule has 0 saturated carbocycles. The van der Waals surface area contributed by atoms with Crippen molar-refractivity contribution >= 4 is 23.6 Å². The fraction of sp³-hybridized carbons (Fsp3) is 0.143. The number of aliphatic carboxylic acids is 1. The third-order valence-electron chi connectivity index (χ3n) is 3.90. The highest BCUT2D eigenvalue weighted by Crippen LogP contribution is 2.27. The third-order valence-corrected chi connectivity index (χ3v) is 3.90. The molecule has 134 valence electrons. The third kappa shape index (κ3) is 4.39. The molecule has 1 N–H and O–H groups in total. The molecule has 5 heteroatoms. The second kappa shape index (κ2) is 8.67. The van der Waals surface area contributed by atoms with Crippen LogP contribution in [0.15, 0.2) is 65.7 Å². The molecule has 2 rings (SSSR count). The predicted molar refractivity (Wildman–Crippen MR) is 99.7 cm³/mol. The molecule has 0 aromatic heterocycles. The Morgan fingerprint density at radius 3 is 2.08 bits per heavy atom. The van der Waals surface area contributed by atoms with E-state index in [4.69, 9.17) is 9.47 Å². The first-order chi connectivity index (χ1) is 12.5. The van der Waals surface area contributed by atoms with Crippen LogP contribution in [0.3, 0.4) is 0 Å². The first-order valence-corrected chi connectivity index (χ1v) is 7.92. The number of ether oxygens (including phenoxy) is 2. The van der Waals surface area contributed by atoms with E-state index in [1.807, 2.05) is 18.2 Å². The number of carbonyl (C=O) groups excluding carboxylic acids is 1. The van der Waals surface area contributed by atoms with Crippen molar-refractivity contribution < 1.29 is 24.2 Å². The highest BCUT2D eigenvalue weighted by atomic mass is 16.5. The molecule has 0 unspecified atom stereocenters. The van der Waals surface area contributed by atoms with Gasteiger partial charge in [-0.1, -0.05) is 42.5 Å². The van der Waals surface area contributed by atoms with Gasteiger partial charge in [-0.15, -0.1) is 0 Å². The van der Waals surface area contributed by atoms with Gasteiger partial charge >= 0.3 is 11.9 Å². The lowest BCUT2D eigenvalue weighted by atomic mass is 9.94. The summed E-state index contributed by atoms with van der Waals surface area (Å²) in [4.78, 5) is 24.2. The summed E-state index contributed by atoms with van der Waals surface area (Å²) in [5, 5.41) is 9.75. The lowest BCUT2D eigenvalue weighted by Gasteiger charge is -2.12. The van der Waals surface area contributed by atoms with Crippen LogP contribution in [0.5, 0.6) is 5.75 Å². The van der Waals surface area contributed by atoms with Crippen LogP contribution in [-0.4, -0.2) is 31.3 Å². The molecule has 0 atom stereocenters. The van der Waals surface area contributed by atoms with Crippen LogP contribution in [0.2, 0.25) is 0 Å². The minimum absolute atomic E-state index is 0.0217. The Labute approximate surface area is 152 Å². The van der Waals surface area contributed by atoms with E-state index in [0.29, 0.717) is 16.9 Å². The molecule has 2 aromatic rings. The van der Waals surface area contributed by atoms with E-state index in [1.54, 1.807) is 50.4 Å². The first kappa shape index (κ1) is 19.0. The molecule has 0 bridgehead atoms. The Balaban J connectivity index is 2.63. The summed E-state index contributed by atoms with van der Waals surface area (Å²) in [6.07, 6.45) is 1.50. The average Bonchev–Trinajstić information content (AvgIpc) is 2.67. The number of esters is 1. The number of rotatable bonds is 6. The monoisotopic (exact) mass is 352 g/mol. The Kier molecular flexibility index (Phi) is 6.33. The zero-order chi connectivity index (χ0) is 19.1. The highest BCUT2D eigenvalue weighted by molar-refractivity contribution is 6.13. The van der Waals surface area contributed by atoms with Crippen LogP contribution in [0, 0.1) is 0 Å². The summed E-state index contributed by atoms with van der Waals surface area (Å²) in [7, 11) is 2.78. The van der Waals surface area contributed by atoms with Crippen LogP contribution < -0.4 is 4.74 Å². The van der Waals surface area contributed by atoms with Crippen molar-refractivity contribution in [1.82, 2.24) is 0 Å². The van der Waals surface area contributed by atoms with Gasteiger partial charge in [0.2, 0.25) is 0 Å². The van der Waals surface area contributed by atoms with E-state index in [2.05, 4.69) is 0 Å². The van der Waals surface area contributed by atoms with Gasteiger partial charge in [0.15, 0.2) is 0 Å². The number of benzene rings is 2. The normalized spacial score (nSPS) is 12.2. The maximum atomic E-state index is 12.3. The summed E-state index contributed by atoms with van der Waals surface area (Å²) in [5.74, 6) is -1.25. The summed E-state index contributed by atoms with van der Waals surface area (Å²) < 4.78 is 9.93. The van der Waals surface area contributed by atoms with E-state index >= 15 is 0 Å². The van der Waals surface area contributed by atoms with Gasteiger partial charge in [-0.3, -0.25) is 0 Å². The lowest BCUT2D eigenvalue weighted by molar-refractivity contribution is -0.138. The van der Waals surface area contributed by atoms with Crippen molar-refractivity contribution in [1.29, 1.82) is 0 Å². The molecule has 0 spiro atoms. The number of carboxylic acid groups (broad SMARTS) is 1. The SMILES string of the molecule is COC(=O)C(=Cc1ccc(OC)cc1)C(C(=O)O)=C(C)c1ccccc1. The molecule has 5 nitrogen and oxygen atoms in total. The largest absolute Gasteiger partial charge is 0.497 e. The molecule has 0 amide bonds. The molecule has 0 saturated heterocycles. The van der Waals surface area contributed by atoms with Crippen molar-refractivity contribution in [3.63, 3.8) is 0 Å². The second-order valence-corrected chi connectivity index (χ2v) is 5.49. The molecular formula is C21H20O5. The van der Waals surface area contributed by atoms with E-state index in [-0.39, 0.29) is 11.1 Å². The Bertz CT molecular complexity index is 846. The molecule has 2 aromatic carbocycles. The fourth-order valence-corrected chi connectivity index (χ4v) is 2.52. The van der Waals surface area contributed by atoms with Gasteiger partial charge in [-0.05, 0) is 41.8 Å². The number of carboxylic acids is 1. The smallest absolute Gasteiger partial charge is 0.338 e. The van der Waals surface area contributed by atoms with Gasteiger partial charge in [0.25, 0.3) is 0 Å². The topological polar surface area (TPSA) is 72.8 Å². The van der Waals surface area contributed by atoms with Gasteiger partial charge in [-0.25, -0.2) is 9.59 Å². The number of allylic oxidation sites excluding steroid dienone is 1. The van der Waals surface area contributed by atoms with Crippen LogP contribution >= 0.6 is 0 Å². The summed E-state index contributed by atoms with van der Waals surface area (Å²) >= 11 is 0. The first-order valence-electron chi connectivity index (χ1n) is 7.92. The van der Waals surface area contributed by atoms with Crippen molar-refractivity contribution in [2.75, 3.05) is 14.2 Å². The standard InChI is InChI=1S/C21H20O5/c1-14(16-7-5-4-6-8-16)19(20(22)23)18(21(24)26-3)13-15-9-11-17(25-2)12-10-15/h4-13H,1-3H3,(H,22,23). The maximum absolute atomic E-state index is 12.3. The van der Waals surface area contributed by atoms with Crippen molar-refractivity contribution in [2.24, 2.45) is 0 Å². The second-order valence-electron chi connectivity index (χ2n) is 5.49. The Hall–Kier alpha value is -3.34. The van der Waals surface area contributed by atoms with Crippen LogP contribution in [0.25, 0.3) is 11.6 Å². The van der Waals surface area contributed by atoms with Gasteiger partial charge in [-0.2, -0.15) is 0 Å². The molecule has 0 aliphatic rings. The summed E-state index contributed by atoms with van der Waals surface area (Å²) in [6, 6.07) is 16.0. The van der Waals surface area contributed by atoms with E-state index in [0.717, 1.165) is 5.56 Å². The predicted octanol–water partition coefficient (Wildman–Crippen LogP) is 3.81. The van der Waals surface area contributed by atoms with E-state index < -0.39 is 11.9 Å². The van der Waals surface area contributed by atoms with Crippen LogP contribution in [0.4, 0.5) is 0 Å². The van der Waals surface area contributed by atoms with Gasteiger partial charge < -0.3 is 14.6 Å². The minimum atomic E-state index is -1.20. The Morgan fingerprint density at radius 1 is 0.962 bits per heavy atom. The van der Waals surface area contributed by atoms with Gasteiger partial charge in [0.05, 0.1) is 25.4 Å². The lowest BCUT2D eigenvalue weighted by Crippen LogP contribution is -2.15. The molecule has 0 radical (unpaired) electrons. The van der Waals surface area contributed by atoms with Gasteiger partial charge in [0, 0.05) is 0 Å². The summed E-state index contributed by atoms with van der Waals surface area (Å²) in [5.41, 5.74) is 1.73.